The molecule has 1 aliphatic carbocycles. The molecule has 0 unspecified atom stereocenters. The van der Waals surface area contributed by atoms with Gasteiger partial charge in [-0.3, -0.25) is 4.79 Å². The van der Waals surface area contributed by atoms with Crippen LogP contribution in [0, 0.1) is 13.8 Å². The van der Waals surface area contributed by atoms with Crippen LogP contribution in [-0.4, -0.2) is 22.4 Å². The Kier molecular flexibility index (Phi) is 6.74. The molecule has 7 heteroatoms. The van der Waals surface area contributed by atoms with Gasteiger partial charge in [0.2, 0.25) is 5.91 Å². The van der Waals surface area contributed by atoms with E-state index in [1.807, 2.05) is 32.0 Å². The first-order valence-corrected chi connectivity index (χ1v) is 13.0. The van der Waals surface area contributed by atoms with Gasteiger partial charge in [-0.05, 0) is 60.4 Å². The van der Waals surface area contributed by atoms with Crippen molar-refractivity contribution in [3.63, 3.8) is 0 Å². The number of nitrogens with zero attached hydrogens (tertiary/aromatic N) is 2. The third-order valence-corrected chi connectivity index (χ3v) is 8.19. The van der Waals surface area contributed by atoms with Gasteiger partial charge in [-0.1, -0.05) is 71.7 Å². The Bertz CT molecular complexity index is 1420. The molecule has 176 valence electrons. The molecule has 0 saturated carbocycles. The maximum atomic E-state index is 12.6. The van der Waals surface area contributed by atoms with Crippen LogP contribution in [0.1, 0.15) is 33.3 Å². The predicted octanol–water partition coefficient (Wildman–Crippen LogP) is 7.35. The summed E-state index contributed by atoms with van der Waals surface area (Å²) < 4.78 is 2.08. The number of rotatable bonds is 6. The standard InChI is InChI=1S/C28H23Cl2N3OS/c1-17-13-19(18(2)33(17)20-11-12-25(29)26(30)14-20)15-31-32-27(34)16-35-28-23-9-5-3-7-21(23)22-8-4-6-10-24(22)28/h3-15,28H,16H2,1-2H3,(H,32,34)/b31-15+. The number of carbonyl (C=O) groups is 1. The van der Waals surface area contributed by atoms with E-state index in [1.54, 1.807) is 24.0 Å². The number of aryl methyl sites for hydroxylation is 1. The number of hydrazone groups is 1. The highest BCUT2D eigenvalue weighted by Crippen LogP contribution is 2.49. The summed E-state index contributed by atoms with van der Waals surface area (Å²) in [6.07, 6.45) is 1.68. The molecule has 0 radical (unpaired) electrons. The van der Waals surface area contributed by atoms with Gasteiger partial charge in [0.15, 0.2) is 0 Å². The topological polar surface area (TPSA) is 46.4 Å². The van der Waals surface area contributed by atoms with Crippen molar-refractivity contribution in [3.05, 3.63) is 111 Å². The van der Waals surface area contributed by atoms with Crippen molar-refractivity contribution in [2.75, 3.05) is 5.75 Å². The molecule has 1 N–H and O–H groups in total. The Morgan fingerprint density at radius 2 is 1.63 bits per heavy atom. The molecule has 0 atom stereocenters. The van der Waals surface area contributed by atoms with Gasteiger partial charge >= 0.3 is 0 Å². The van der Waals surface area contributed by atoms with Gasteiger partial charge in [0.05, 0.1) is 27.3 Å². The van der Waals surface area contributed by atoms with Crippen LogP contribution < -0.4 is 5.43 Å². The van der Waals surface area contributed by atoms with Gasteiger partial charge in [0.25, 0.3) is 0 Å². The summed E-state index contributed by atoms with van der Waals surface area (Å²) in [4.78, 5) is 12.6. The monoisotopic (exact) mass is 519 g/mol. The summed E-state index contributed by atoms with van der Waals surface area (Å²) in [5.41, 5.74) is 11.5. The van der Waals surface area contributed by atoms with Crippen molar-refractivity contribution in [1.29, 1.82) is 0 Å². The lowest BCUT2D eigenvalue weighted by molar-refractivity contribution is -0.118. The van der Waals surface area contributed by atoms with Crippen molar-refractivity contribution in [1.82, 2.24) is 9.99 Å². The van der Waals surface area contributed by atoms with Gasteiger partial charge in [0, 0.05) is 22.6 Å². The van der Waals surface area contributed by atoms with E-state index < -0.39 is 0 Å². The van der Waals surface area contributed by atoms with Crippen LogP contribution in [0.15, 0.2) is 77.9 Å². The zero-order valence-corrected chi connectivity index (χ0v) is 21.6. The fourth-order valence-corrected chi connectivity index (χ4v) is 6.04. The molecule has 0 spiro atoms. The largest absolute Gasteiger partial charge is 0.318 e. The van der Waals surface area contributed by atoms with E-state index in [-0.39, 0.29) is 11.2 Å². The minimum absolute atomic E-state index is 0.133. The molecule has 0 aliphatic heterocycles. The number of carbonyl (C=O) groups excluding carboxylic acids is 1. The Hall–Kier alpha value is -2.99. The maximum absolute atomic E-state index is 12.6. The zero-order chi connectivity index (χ0) is 24.5. The van der Waals surface area contributed by atoms with Crippen molar-refractivity contribution in [3.8, 4) is 16.8 Å². The molecule has 4 aromatic rings. The number of thioether (sulfide) groups is 1. The zero-order valence-electron chi connectivity index (χ0n) is 19.3. The summed E-state index contributed by atoms with van der Waals surface area (Å²) in [5.74, 6) is 0.180. The van der Waals surface area contributed by atoms with Crippen LogP contribution in [0.5, 0.6) is 0 Å². The van der Waals surface area contributed by atoms with Crippen LogP contribution in [0.2, 0.25) is 10.0 Å². The van der Waals surface area contributed by atoms with E-state index in [9.17, 15) is 4.79 Å². The van der Waals surface area contributed by atoms with Crippen molar-refractivity contribution < 1.29 is 4.79 Å². The molecule has 1 heterocycles. The second kappa shape index (κ2) is 9.94. The molecule has 0 bridgehead atoms. The number of hydrogen-bond acceptors (Lipinski definition) is 3. The molecule has 1 aromatic heterocycles. The highest BCUT2D eigenvalue weighted by molar-refractivity contribution is 8.00. The molecule has 1 amide bonds. The van der Waals surface area contributed by atoms with E-state index in [1.165, 1.54) is 22.3 Å². The quantitative estimate of drug-likeness (QED) is 0.213. The third-order valence-electron chi connectivity index (χ3n) is 6.18. The number of fused-ring (bicyclic) bond motifs is 3. The third kappa shape index (κ3) is 4.64. The molecule has 1 aliphatic rings. The summed E-state index contributed by atoms with van der Waals surface area (Å²) in [5, 5.41) is 5.38. The first kappa shape index (κ1) is 23.7. The number of aromatic nitrogens is 1. The molecule has 3 aromatic carbocycles. The maximum Gasteiger partial charge on any atom is 0.250 e. The molecule has 35 heavy (non-hydrogen) atoms. The lowest BCUT2D eigenvalue weighted by Crippen LogP contribution is -2.20. The first-order chi connectivity index (χ1) is 16.9. The lowest BCUT2D eigenvalue weighted by atomic mass is 10.1. The van der Waals surface area contributed by atoms with Crippen LogP contribution in [0.4, 0.5) is 0 Å². The Labute approximate surface area is 219 Å². The lowest BCUT2D eigenvalue weighted by Gasteiger charge is -2.12. The second-order valence-corrected chi connectivity index (χ2v) is 10.3. The molecule has 0 saturated heterocycles. The van der Waals surface area contributed by atoms with Crippen LogP contribution >= 0.6 is 35.0 Å². The smallest absolute Gasteiger partial charge is 0.250 e. The van der Waals surface area contributed by atoms with Gasteiger partial charge < -0.3 is 4.57 Å². The number of halogens is 2. The average molecular weight is 520 g/mol. The first-order valence-electron chi connectivity index (χ1n) is 11.2. The van der Waals surface area contributed by atoms with E-state index in [4.69, 9.17) is 23.2 Å². The fourth-order valence-electron chi connectivity index (χ4n) is 4.59. The Morgan fingerprint density at radius 3 is 2.29 bits per heavy atom. The van der Waals surface area contributed by atoms with Crippen LogP contribution in [0.25, 0.3) is 16.8 Å². The van der Waals surface area contributed by atoms with Gasteiger partial charge in [-0.25, -0.2) is 5.43 Å². The van der Waals surface area contributed by atoms with E-state index in [2.05, 4.69) is 63.6 Å². The Balaban J connectivity index is 1.25. The molecular formula is C28H23Cl2N3OS. The van der Waals surface area contributed by atoms with E-state index in [0.29, 0.717) is 15.8 Å². The summed E-state index contributed by atoms with van der Waals surface area (Å²) in [6, 6.07) is 24.4. The van der Waals surface area contributed by atoms with Crippen molar-refractivity contribution >= 4 is 47.1 Å². The van der Waals surface area contributed by atoms with Crippen molar-refractivity contribution in [2.24, 2.45) is 5.10 Å². The predicted molar refractivity (Wildman–Crippen MR) is 147 cm³/mol. The SMILES string of the molecule is Cc1cc(/C=N/NC(=O)CSC2c3ccccc3-c3ccccc32)c(C)n1-c1ccc(Cl)c(Cl)c1. The normalized spacial score (nSPS) is 12.7. The van der Waals surface area contributed by atoms with Gasteiger partial charge in [0.1, 0.15) is 0 Å². The van der Waals surface area contributed by atoms with E-state index >= 15 is 0 Å². The second-order valence-electron chi connectivity index (χ2n) is 8.42. The highest BCUT2D eigenvalue weighted by Gasteiger charge is 2.28. The summed E-state index contributed by atoms with van der Waals surface area (Å²) in [7, 11) is 0. The summed E-state index contributed by atoms with van der Waals surface area (Å²) >= 11 is 13.9. The molecule has 4 nitrogen and oxygen atoms in total. The molecule has 5 rings (SSSR count). The minimum Gasteiger partial charge on any atom is -0.318 e. The van der Waals surface area contributed by atoms with Crippen LogP contribution in [0.3, 0.4) is 0 Å². The average Bonchev–Trinajstić information content (AvgIpc) is 3.33. The van der Waals surface area contributed by atoms with E-state index in [0.717, 1.165) is 22.6 Å². The minimum atomic E-state index is -0.133. The Morgan fingerprint density at radius 1 is 0.971 bits per heavy atom. The molecular weight excluding hydrogens is 497 g/mol. The molecule has 0 fully saturated rings. The summed E-state index contributed by atoms with van der Waals surface area (Å²) in [6.45, 7) is 4.02. The number of benzene rings is 3. The number of amides is 1. The number of nitrogens with one attached hydrogen (secondary N) is 1. The fraction of sp³-hybridized carbons (Fsp3) is 0.143. The number of hydrogen-bond donors (Lipinski definition) is 1. The van der Waals surface area contributed by atoms with Crippen LogP contribution in [-0.2, 0) is 4.79 Å². The van der Waals surface area contributed by atoms with Gasteiger partial charge in [-0.15, -0.1) is 11.8 Å². The van der Waals surface area contributed by atoms with Gasteiger partial charge in [-0.2, -0.15) is 5.10 Å². The van der Waals surface area contributed by atoms with Crippen molar-refractivity contribution in [2.45, 2.75) is 19.1 Å². The highest BCUT2D eigenvalue weighted by atomic mass is 35.5.